The first-order chi connectivity index (χ1) is 8.99. The van der Waals surface area contributed by atoms with Crippen molar-refractivity contribution in [2.24, 2.45) is 5.14 Å². The van der Waals surface area contributed by atoms with Crippen molar-refractivity contribution in [2.75, 3.05) is 0 Å². The van der Waals surface area contributed by atoms with Gasteiger partial charge in [-0.25, -0.2) is 13.6 Å². The largest absolute Gasteiger partial charge is 0.457 e. The highest BCUT2D eigenvalue weighted by Crippen LogP contribution is 2.23. The van der Waals surface area contributed by atoms with Crippen LogP contribution in [0.2, 0.25) is 0 Å². The fourth-order valence-corrected chi connectivity index (χ4v) is 2.18. The molecular weight excluding hydrogens is 262 g/mol. The van der Waals surface area contributed by atoms with E-state index < -0.39 is 10.0 Å². The van der Waals surface area contributed by atoms with Crippen molar-refractivity contribution in [2.45, 2.75) is 18.2 Å². The Morgan fingerprint density at radius 2 is 1.74 bits per heavy atom. The quantitative estimate of drug-likeness (QED) is 0.934. The summed E-state index contributed by atoms with van der Waals surface area (Å²) in [6, 6.07) is 13.8. The van der Waals surface area contributed by atoms with Crippen LogP contribution in [0.3, 0.4) is 0 Å². The highest BCUT2D eigenvalue weighted by atomic mass is 32.2. The molecule has 0 bridgehead atoms. The van der Waals surface area contributed by atoms with Gasteiger partial charge in [-0.2, -0.15) is 0 Å². The van der Waals surface area contributed by atoms with Crippen molar-refractivity contribution in [1.29, 1.82) is 0 Å². The van der Waals surface area contributed by atoms with E-state index in [0.29, 0.717) is 5.75 Å². The number of hydrogen-bond donors (Lipinski definition) is 1. The first kappa shape index (κ1) is 13.6. The molecule has 0 spiro atoms. The normalized spacial score (nSPS) is 11.3. The maximum absolute atomic E-state index is 11.1. The summed E-state index contributed by atoms with van der Waals surface area (Å²) in [5.74, 6) is 1.29. The molecule has 100 valence electrons. The summed E-state index contributed by atoms with van der Waals surface area (Å²) in [6.07, 6.45) is 0.932. The van der Waals surface area contributed by atoms with Gasteiger partial charge in [-0.3, -0.25) is 0 Å². The highest BCUT2D eigenvalue weighted by molar-refractivity contribution is 7.89. The van der Waals surface area contributed by atoms with Gasteiger partial charge in [-0.1, -0.05) is 19.1 Å². The first-order valence-corrected chi connectivity index (χ1v) is 7.43. The van der Waals surface area contributed by atoms with Gasteiger partial charge in [0.05, 0.1) is 4.90 Å². The molecule has 0 aliphatic rings. The standard InChI is InChI=1S/C14H15NO3S/c1-2-11-4-3-5-13(10-11)18-12-6-8-14(9-7-12)19(15,16)17/h3-10H,2H2,1H3,(H2,15,16,17). The van der Waals surface area contributed by atoms with Crippen LogP contribution in [0.4, 0.5) is 0 Å². The minimum atomic E-state index is -3.66. The summed E-state index contributed by atoms with van der Waals surface area (Å²) < 4.78 is 27.9. The molecule has 0 amide bonds. The Kier molecular flexibility index (Phi) is 3.87. The minimum Gasteiger partial charge on any atom is -0.457 e. The number of primary sulfonamides is 1. The molecule has 0 unspecified atom stereocenters. The third-order valence-corrected chi connectivity index (χ3v) is 3.62. The van der Waals surface area contributed by atoms with Crippen LogP contribution in [0.15, 0.2) is 53.4 Å². The van der Waals surface area contributed by atoms with Gasteiger partial charge in [0.1, 0.15) is 11.5 Å². The van der Waals surface area contributed by atoms with Crippen LogP contribution in [-0.2, 0) is 16.4 Å². The maximum atomic E-state index is 11.1. The van der Waals surface area contributed by atoms with Crippen molar-refractivity contribution in [3.8, 4) is 11.5 Å². The van der Waals surface area contributed by atoms with Crippen molar-refractivity contribution < 1.29 is 13.2 Å². The van der Waals surface area contributed by atoms with Gasteiger partial charge >= 0.3 is 0 Å². The molecule has 0 atom stereocenters. The lowest BCUT2D eigenvalue weighted by molar-refractivity contribution is 0.481. The number of sulfonamides is 1. The molecule has 4 nitrogen and oxygen atoms in total. The van der Waals surface area contributed by atoms with E-state index >= 15 is 0 Å². The predicted octanol–water partition coefficient (Wildman–Crippen LogP) is 2.69. The predicted molar refractivity (Wildman–Crippen MR) is 73.7 cm³/mol. The van der Waals surface area contributed by atoms with E-state index in [9.17, 15) is 8.42 Å². The molecule has 2 N–H and O–H groups in total. The van der Waals surface area contributed by atoms with Gasteiger partial charge in [0, 0.05) is 0 Å². The molecule has 0 aromatic heterocycles. The van der Waals surface area contributed by atoms with E-state index in [4.69, 9.17) is 9.88 Å². The topological polar surface area (TPSA) is 69.4 Å². The van der Waals surface area contributed by atoms with Crippen LogP contribution in [-0.4, -0.2) is 8.42 Å². The van der Waals surface area contributed by atoms with Crippen LogP contribution in [0, 0.1) is 0 Å². The molecule has 0 aliphatic carbocycles. The Bertz CT molecular complexity index is 663. The molecular formula is C14H15NO3S. The molecule has 2 aromatic carbocycles. The van der Waals surface area contributed by atoms with Gasteiger partial charge in [0.25, 0.3) is 0 Å². The number of ether oxygens (including phenoxy) is 1. The van der Waals surface area contributed by atoms with Gasteiger partial charge in [-0.05, 0) is 48.4 Å². The second-order valence-corrected chi connectivity index (χ2v) is 5.68. The summed E-state index contributed by atoms with van der Waals surface area (Å²) in [5.41, 5.74) is 1.18. The molecule has 0 aliphatic heterocycles. The minimum absolute atomic E-state index is 0.0714. The van der Waals surface area contributed by atoms with Crippen molar-refractivity contribution in [3.63, 3.8) is 0 Å². The van der Waals surface area contributed by atoms with Gasteiger partial charge in [-0.15, -0.1) is 0 Å². The highest BCUT2D eigenvalue weighted by Gasteiger charge is 2.07. The summed E-state index contributed by atoms with van der Waals surface area (Å²) in [6.45, 7) is 2.07. The third-order valence-electron chi connectivity index (χ3n) is 2.69. The summed E-state index contributed by atoms with van der Waals surface area (Å²) in [5, 5.41) is 5.03. The molecule has 0 saturated carbocycles. The molecule has 0 radical (unpaired) electrons. The van der Waals surface area contributed by atoms with Crippen molar-refractivity contribution >= 4 is 10.0 Å². The van der Waals surface area contributed by atoms with E-state index in [1.807, 2.05) is 24.3 Å². The second kappa shape index (κ2) is 5.42. The molecule has 5 heteroatoms. The smallest absolute Gasteiger partial charge is 0.238 e. The van der Waals surface area contributed by atoms with Crippen molar-refractivity contribution in [1.82, 2.24) is 0 Å². The van der Waals surface area contributed by atoms with Crippen molar-refractivity contribution in [3.05, 3.63) is 54.1 Å². The lowest BCUT2D eigenvalue weighted by Gasteiger charge is -2.07. The average molecular weight is 277 g/mol. The lowest BCUT2D eigenvalue weighted by atomic mass is 10.2. The first-order valence-electron chi connectivity index (χ1n) is 5.88. The average Bonchev–Trinajstić information content (AvgIpc) is 2.38. The van der Waals surface area contributed by atoms with Crippen LogP contribution in [0.25, 0.3) is 0 Å². The lowest BCUT2D eigenvalue weighted by Crippen LogP contribution is -2.11. The fourth-order valence-electron chi connectivity index (χ4n) is 1.66. The third kappa shape index (κ3) is 3.56. The number of aryl methyl sites for hydroxylation is 1. The molecule has 0 saturated heterocycles. The van der Waals surface area contributed by atoms with E-state index in [2.05, 4.69) is 6.92 Å². The zero-order valence-corrected chi connectivity index (χ0v) is 11.4. The van der Waals surface area contributed by atoms with Crippen LogP contribution >= 0.6 is 0 Å². The van der Waals surface area contributed by atoms with E-state index in [1.54, 1.807) is 12.1 Å². The molecule has 0 heterocycles. The number of benzene rings is 2. The SMILES string of the molecule is CCc1cccc(Oc2ccc(S(N)(=O)=O)cc2)c1. The van der Waals surface area contributed by atoms with Crippen LogP contribution in [0.5, 0.6) is 11.5 Å². The van der Waals surface area contributed by atoms with E-state index in [1.165, 1.54) is 17.7 Å². The zero-order valence-electron chi connectivity index (χ0n) is 10.5. The van der Waals surface area contributed by atoms with Crippen LogP contribution < -0.4 is 9.88 Å². The number of hydrogen-bond acceptors (Lipinski definition) is 3. The molecule has 0 fully saturated rings. The van der Waals surface area contributed by atoms with Gasteiger partial charge in [0.15, 0.2) is 0 Å². The van der Waals surface area contributed by atoms with Gasteiger partial charge < -0.3 is 4.74 Å². The summed E-state index contributed by atoms with van der Waals surface area (Å²) in [7, 11) is -3.66. The monoisotopic (exact) mass is 277 g/mol. The van der Waals surface area contributed by atoms with E-state index in [-0.39, 0.29) is 4.90 Å². The Labute approximate surface area is 112 Å². The number of rotatable bonds is 4. The van der Waals surface area contributed by atoms with Gasteiger partial charge in [0.2, 0.25) is 10.0 Å². The molecule has 2 aromatic rings. The number of nitrogens with two attached hydrogens (primary N) is 1. The summed E-state index contributed by atoms with van der Waals surface area (Å²) >= 11 is 0. The Hall–Kier alpha value is -1.85. The second-order valence-electron chi connectivity index (χ2n) is 4.12. The molecule has 2 rings (SSSR count). The van der Waals surface area contributed by atoms with Crippen LogP contribution in [0.1, 0.15) is 12.5 Å². The Morgan fingerprint density at radius 1 is 1.05 bits per heavy atom. The molecule has 19 heavy (non-hydrogen) atoms. The van der Waals surface area contributed by atoms with E-state index in [0.717, 1.165) is 12.2 Å². The fraction of sp³-hybridized carbons (Fsp3) is 0.143. The maximum Gasteiger partial charge on any atom is 0.238 e. The Morgan fingerprint density at radius 3 is 2.32 bits per heavy atom. The summed E-state index contributed by atoms with van der Waals surface area (Å²) in [4.78, 5) is 0.0714. The Balaban J connectivity index is 2.19. The zero-order chi connectivity index (χ0) is 13.9.